The molecule has 2 aromatic rings. The van der Waals surface area contributed by atoms with Crippen molar-refractivity contribution < 1.29 is 14.2 Å². The molecule has 0 spiro atoms. The Hall–Kier alpha value is -2.47. The number of piperazine rings is 1. The lowest BCUT2D eigenvalue weighted by molar-refractivity contribution is 0.233. The predicted molar refractivity (Wildman–Crippen MR) is 107 cm³/mol. The molecule has 1 aliphatic heterocycles. The molecule has 27 heavy (non-hydrogen) atoms. The van der Waals surface area contributed by atoms with E-state index in [-0.39, 0.29) is 6.10 Å². The van der Waals surface area contributed by atoms with Gasteiger partial charge in [0, 0.05) is 44.4 Å². The zero-order valence-corrected chi connectivity index (χ0v) is 16.6. The van der Waals surface area contributed by atoms with Crippen LogP contribution in [0.5, 0.6) is 17.5 Å². The van der Waals surface area contributed by atoms with Crippen LogP contribution in [0.25, 0.3) is 0 Å². The molecule has 1 aromatic heterocycles. The number of anilines is 1. The molecule has 0 N–H and O–H groups in total. The molecular formula is C21H29N3O3. The van der Waals surface area contributed by atoms with Gasteiger partial charge in [0.15, 0.2) is 0 Å². The smallest absolute Gasteiger partial charge is 0.220 e. The number of hydrogen-bond donors (Lipinski definition) is 0. The normalized spacial score (nSPS) is 15.1. The van der Waals surface area contributed by atoms with E-state index in [1.807, 2.05) is 18.2 Å². The first-order chi connectivity index (χ1) is 13.1. The summed E-state index contributed by atoms with van der Waals surface area (Å²) in [5.74, 6) is 2.16. The minimum absolute atomic E-state index is 0.169. The predicted octanol–water partition coefficient (Wildman–Crippen LogP) is 3.21. The Balaban J connectivity index is 1.63. The van der Waals surface area contributed by atoms with E-state index in [9.17, 15) is 0 Å². The number of para-hydroxylation sites is 2. The lowest BCUT2D eigenvalue weighted by Crippen LogP contribution is -2.46. The van der Waals surface area contributed by atoms with E-state index in [0.29, 0.717) is 11.8 Å². The van der Waals surface area contributed by atoms with Gasteiger partial charge in [-0.15, -0.1) is 0 Å². The summed E-state index contributed by atoms with van der Waals surface area (Å²) in [6.07, 6.45) is 0.169. The van der Waals surface area contributed by atoms with Crippen molar-refractivity contribution in [3.63, 3.8) is 0 Å². The number of rotatable bonds is 7. The van der Waals surface area contributed by atoms with Crippen molar-refractivity contribution in [3.8, 4) is 17.5 Å². The first-order valence-electron chi connectivity index (χ1n) is 9.41. The maximum atomic E-state index is 5.98. The molecule has 0 aliphatic carbocycles. The Labute approximate surface area is 161 Å². The first kappa shape index (κ1) is 19.3. The number of ether oxygens (including phenoxy) is 3. The molecule has 0 amide bonds. The fourth-order valence-electron chi connectivity index (χ4n) is 3.32. The quantitative estimate of drug-likeness (QED) is 0.745. The van der Waals surface area contributed by atoms with Crippen LogP contribution in [0.4, 0.5) is 5.69 Å². The summed E-state index contributed by atoms with van der Waals surface area (Å²) in [7, 11) is 3.26. The monoisotopic (exact) mass is 371 g/mol. The standard InChI is InChI=1S/C21H29N3O3/c1-16(2)27-19-8-6-5-7-18(19)24-13-11-23(12-14-24)15-17-9-10-20(25-3)22-21(17)26-4/h5-10,16H,11-15H2,1-4H3. The molecule has 6 nitrogen and oxygen atoms in total. The summed E-state index contributed by atoms with van der Waals surface area (Å²) in [6, 6.07) is 12.2. The summed E-state index contributed by atoms with van der Waals surface area (Å²) >= 11 is 0. The minimum atomic E-state index is 0.169. The summed E-state index contributed by atoms with van der Waals surface area (Å²) in [4.78, 5) is 9.20. The summed E-state index contributed by atoms with van der Waals surface area (Å²) in [5, 5.41) is 0. The highest BCUT2D eigenvalue weighted by Gasteiger charge is 2.21. The van der Waals surface area contributed by atoms with E-state index in [2.05, 4.69) is 46.8 Å². The van der Waals surface area contributed by atoms with Gasteiger partial charge in [0.2, 0.25) is 11.8 Å². The molecule has 0 unspecified atom stereocenters. The van der Waals surface area contributed by atoms with Gasteiger partial charge >= 0.3 is 0 Å². The van der Waals surface area contributed by atoms with Gasteiger partial charge in [0.1, 0.15) is 5.75 Å². The van der Waals surface area contributed by atoms with Crippen LogP contribution in [0, 0.1) is 0 Å². The van der Waals surface area contributed by atoms with Crippen LogP contribution in [0.3, 0.4) is 0 Å². The maximum absolute atomic E-state index is 5.98. The minimum Gasteiger partial charge on any atom is -0.489 e. The van der Waals surface area contributed by atoms with Gasteiger partial charge in [0.25, 0.3) is 0 Å². The van der Waals surface area contributed by atoms with E-state index in [1.165, 1.54) is 5.69 Å². The van der Waals surface area contributed by atoms with Crippen molar-refractivity contribution in [3.05, 3.63) is 42.0 Å². The van der Waals surface area contributed by atoms with Gasteiger partial charge in [-0.3, -0.25) is 4.90 Å². The topological polar surface area (TPSA) is 47.1 Å². The molecule has 6 heteroatoms. The maximum Gasteiger partial charge on any atom is 0.220 e. The lowest BCUT2D eigenvalue weighted by atomic mass is 10.2. The first-order valence-corrected chi connectivity index (χ1v) is 9.41. The van der Waals surface area contributed by atoms with Crippen LogP contribution in [0.2, 0.25) is 0 Å². The van der Waals surface area contributed by atoms with E-state index < -0.39 is 0 Å². The molecule has 0 radical (unpaired) electrons. The van der Waals surface area contributed by atoms with E-state index in [4.69, 9.17) is 14.2 Å². The van der Waals surface area contributed by atoms with Crippen molar-refractivity contribution in [2.24, 2.45) is 0 Å². The van der Waals surface area contributed by atoms with Crippen LogP contribution in [-0.2, 0) is 6.54 Å². The van der Waals surface area contributed by atoms with Crippen molar-refractivity contribution in [2.45, 2.75) is 26.5 Å². The number of nitrogens with zero attached hydrogens (tertiary/aromatic N) is 3. The molecule has 1 aromatic carbocycles. The summed E-state index contributed by atoms with van der Waals surface area (Å²) in [6.45, 7) is 8.82. The van der Waals surface area contributed by atoms with Crippen LogP contribution < -0.4 is 19.1 Å². The Morgan fingerprint density at radius 1 is 0.963 bits per heavy atom. The van der Waals surface area contributed by atoms with E-state index in [0.717, 1.165) is 44.0 Å². The van der Waals surface area contributed by atoms with Crippen LogP contribution in [0.1, 0.15) is 19.4 Å². The van der Waals surface area contributed by atoms with Gasteiger partial charge in [-0.1, -0.05) is 12.1 Å². The molecule has 3 rings (SSSR count). The molecule has 0 saturated carbocycles. The van der Waals surface area contributed by atoms with Crippen molar-refractivity contribution >= 4 is 5.69 Å². The van der Waals surface area contributed by atoms with Crippen LogP contribution in [-0.4, -0.2) is 56.4 Å². The Morgan fingerprint density at radius 3 is 2.37 bits per heavy atom. The summed E-state index contributed by atoms with van der Waals surface area (Å²) < 4.78 is 16.6. The third-order valence-electron chi connectivity index (χ3n) is 4.65. The molecule has 0 bridgehead atoms. The Morgan fingerprint density at radius 2 is 1.70 bits per heavy atom. The van der Waals surface area contributed by atoms with Crippen LogP contribution >= 0.6 is 0 Å². The van der Waals surface area contributed by atoms with E-state index >= 15 is 0 Å². The second-order valence-electron chi connectivity index (χ2n) is 6.92. The fraction of sp³-hybridized carbons (Fsp3) is 0.476. The summed E-state index contributed by atoms with van der Waals surface area (Å²) in [5.41, 5.74) is 2.25. The molecule has 0 atom stereocenters. The number of methoxy groups -OCH3 is 2. The van der Waals surface area contributed by atoms with Gasteiger partial charge in [0.05, 0.1) is 26.0 Å². The molecule has 1 fully saturated rings. The van der Waals surface area contributed by atoms with Gasteiger partial charge in [-0.25, -0.2) is 0 Å². The molecular weight excluding hydrogens is 342 g/mol. The number of hydrogen-bond acceptors (Lipinski definition) is 6. The van der Waals surface area contributed by atoms with Gasteiger partial charge in [-0.05, 0) is 32.0 Å². The Kier molecular flexibility index (Phi) is 6.40. The Bertz CT molecular complexity index is 743. The highest BCUT2D eigenvalue weighted by atomic mass is 16.5. The number of pyridine rings is 1. The average molecular weight is 371 g/mol. The third kappa shape index (κ3) is 4.83. The highest BCUT2D eigenvalue weighted by molar-refractivity contribution is 5.58. The molecule has 1 saturated heterocycles. The zero-order chi connectivity index (χ0) is 19.2. The third-order valence-corrected chi connectivity index (χ3v) is 4.65. The van der Waals surface area contributed by atoms with Crippen LogP contribution in [0.15, 0.2) is 36.4 Å². The molecule has 146 valence electrons. The molecule has 1 aliphatic rings. The van der Waals surface area contributed by atoms with E-state index in [1.54, 1.807) is 14.2 Å². The average Bonchev–Trinajstić information content (AvgIpc) is 2.69. The second-order valence-corrected chi connectivity index (χ2v) is 6.92. The SMILES string of the molecule is COc1ccc(CN2CCN(c3ccccc3OC(C)C)CC2)c(OC)n1. The highest BCUT2D eigenvalue weighted by Crippen LogP contribution is 2.30. The van der Waals surface area contributed by atoms with Crippen molar-refractivity contribution in [2.75, 3.05) is 45.3 Å². The number of benzene rings is 1. The zero-order valence-electron chi connectivity index (χ0n) is 16.6. The van der Waals surface area contributed by atoms with Gasteiger partial charge in [-0.2, -0.15) is 4.98 Å². The number of aromatic nitrogens is 1. The van der Waals surface area contributed by atoms with Crippen molar-refractivity contribution in [1.29, 1.82) is 0 Å². The molecule has 2 heterocycles. The second kappa shape index (κ2) is 8.95. The largest absolute Gasteiger partial charge is 0.489 e. The fourth-order valence-corrected chi connectivity index (χ4v) is 3.32. The van der Waals surface area contributed by atoms with Gasteiger partial charge < -0.3 is 19.1 Å². The lowest BCUT2D eigenvalue weighted by Gasteiger charge is -2.37. The van der Waals surface area contributed by atoms with Crippen molar-refractivity contribution in [1.82, 2.24) is 9.88 Å².